The lowest BCUT2D eigenvalue weighted by molar-refractivity contribution is -0.884. The molecule has 0 saturated carbocycles. The van der Waals surface area contributed by atoms with Crippen LogP contribution in [0.4, 0.5) is 18.9 Å². The summed E-state index contributed by atoms with van der Waals surface area (Å²) >= 11 is 7.58. The Morgan fingerprint density at radius 1 is 1.22 bits per heavy atom. The van der Waals surface area contributed by atoms with Gasteiger partial charge in [-0.25, -0.2) is 9.67 Å². The van der Waals surface area contributed by atoms with E-state index in [2.05, 4.69) is 25.6 Å². The second-order valence-corrected chi connectivity index (χ2v) is 8.76. The summed E-state index contributed by atoms with van der Waals surface area (Å²) < 4.78 is 45.4. The van der Waals surface area contributed by atoms with Crippen molar-refractivity contribution >= 4 is 44.6 Å². The van der Waals surface area contributed by atoms with E-state index in [0.29, 0.717) is 20.5 Å². The van der Waals surface area contributed by atoms with Crippen LogP contribution in [0.5, 0.6) is 0 Å². The zero-order chi connectivity index (χ0) is 25.6. The number of aromatic nitrogens is 7. The van der Waals surface area contributed by atoms with Gasteiger partial charge in [-0.15, -0.1) is 16.1 Å². The number of nitrogens with one attached hydrogen (secondary N) is 1. The van der Waals surface area contributed by atoms with Gasteiger partial charge in [0.25, 0.3) is 5.91 Å². The number of aryl methyl sites for hydroxylation is 1. The third kappa shape index (κ3) is 4.13. The van der Waals surface area contributed by atoms with E-state index in [1.807, 2.05) is 0 Å². The summed E-state index contributed by atoms with van der Waals surface area (Å²) in [4.78, 5) is 23.7. The minimum Gasteiger partial charge on any atom is -0.320 e. The van der Waals surface area contributed by atoms with E-state index >= 15 is 0 Å². The monoisotopic (exact) mass is 535 g/mol. The molecule has 5 aromatic rings. The smallest absolute Gasteiger partial charge is 0.320 e. The van der Waals surface area contributed by atoms with Crippen molar-refractivity contribution in [2.45, 2.75) is 13.1 Å². The number of amides is 1. The zero-order valence-corrected chi connectivity index (χ0v) is 20.1. The topological polar surface area (TPSA) is 104 Å². The van der Waals surface area contributed by atoms with Crippen LogP contribution in [0.2, 0.25) is 5.02 Å². The molecule has 0 aliphatic carbocycles. The number of fused-ring (bicyclic) bond motifs is 1. The number of hydrogen-bond acceptors (Lipinski definition) is 7. The molecule has 0 aliphatic heterocycles. The molecule has 0 radical (unpaired) electrons. The first kappa shape index (κ1) is 23.7. The van der Waals surface area contributed by atoms with Crippen molar-refractivity contribution in [3.8, 4) is 11.5 Å². The number of carbonyl (C=O) groups excluding carboxylic acids is 1. The van der Waals surface area contributed by atoms with E-state index in [0.717, 1.165) is 6.20 Å². The van der Waals surface area contributed by atoms with Gasteiger partial charge in [0.05, 0.1) is 40.6 Å². The van der Waals surface area contributed by atoms with E-state index in [9.17, 15) is 18.0 Å². The van der Waals surface area contributed by atoms with Crippen LogP contribution in [0, 0.1) is 6.92 Å². The van der Waals surface area contributed by atoms with E-state index in [1.165, 1.54) is 52.6 Å². The van der Waals surface area contributed by atoms with Gasteiger partial charge in [-0.05, 0) is 24.4 Å². The normalized spacial score (nSPS) is 11.7. The molecular weight excluding hydrogens is 521 g/mol. The first-order valence-corrected chi connectivity index (χ1v) is 11.4. The van der Waals surface area contributed by atoms with Gasteiger partial charge in [0.2, 0.25) is 12.4 Å². The highest BCUT2D eigenvalue weighted by Crippen LogP contribution is 2.36. The number of rotatable bonds is 5. The molecule has 36 heavy (non-hydrogen) atoms. The fraction of sp³-hybridized carbons (Fsp3) is 0.143. The standard InChI is InChI=1S/C21H14ClF3N8O2S/c1-11-15(7-14(22)19(29-11)33-26-4-5-27-33)30-20(34)13-8-28-32(18(13)21(23,24)25)16-9-31(35-2)10-17-12(16)3-6-36-17/h3-10H,1-2H3/p+1. The molecule has 1 N–H and O–H groups in total. The van der Waals surface area contributed by atoms with Crippen molar-refractivity contribution in [1.82, 2.24) is 29.8 Å². The number of nitrogens with zero attached hydrogens (tertiary/aromatic N) is 7. The molecule has 0 aromatic carbocycles. The Morgan fingerprint density at radius 3 is 2.67 bits per heavy atom. The summed E-state index contributed by atoms with van der Waals surface area (Å²) in [6.45, 7) is 1.56. The molecule has 184 valence electrons. The predicted octanol–water partition coefficient (Wildman–Crippen LogP) is 3.64. The highest BCUT2D eigenvalue weighted by atomic mass is 35.5. The van der Waals surface area contributed by atoms with Crippen LogP contribution in [0.25, 0.3) is 21.6 Å². The SMILES string of the molecule is CO[n+]1cc(-n2ncc(C(=O)Nc3cc(Cl)c(-n4nccn4)nc3C)c2C(F)(F)F)c2ccsc2c1. The Kier molecular flexibility index (Phi) is 5.84. The fourth-order valence-electron chi connectivity index (χ4n) is 3.57. The minimum absolute atomic E-state index is 0.0899. The van der Waals surface area contributed by atoms with Crippen LogP contribution < -0.4 is 14.9 Å². The number of pyridine rings is 2. The van der Waals surface area contributed by atoms with Crippen LogP contribution in [-0.2, 0) is 6.18 Å². The molecule has 0 atom stereocenters. The zero-order valence-electron chi connectivity index (χ0n) is 18.5. The van der Waals surface area contributed by atoms with Crippen LogP contribution in [-0.4, -0.2) is 42.8 Å². The van der Waals surface area contributed by atoms with E-state index in [-0.39, 0.29) is 22.2 Å². The van der Waals surface area contributed by atoms with Crippen LogP contribution in [0.15, 0.2) is 48.5 Å². The van der Waals surface area contributed by atoms with Crippen molar-refractivity contribution in [1.29, 1.82) is 0 Å². The largest absolute Gasteiger partial charge is 0.434 e. The van der Waals surface area contributed by atoms with Crippen LogP contribution in [0.1, 0.15) is 21.7 Å². The second-order valence-electron chi connectivity index (χ2n) is 7.40. The number of alkyl halides is 3. The van der Waals surface area contributed by atoms with Crippen molar-refractivity contribution < 1.29 is 27.5 Å². The molecule has 10 nitrogen and oxygen atoms in total. The lowest BCUT2D eigenvalue weighted by atomic mass is 10.2. The lowest BCUT2D eigenvalue weighted by Crippen LogP contribution is -2.40. The first-order valence-electron chi connectivity index (χ1n) is 10.1. The number of halogens is 4. The van der Waals surface area contributed by atoms with Gasteiger partial charge in [-0.3, -0.25) is 9.63 Å². The van der Waals surface area contributed by atoms with Gasteiger partial charge in [-0.2, -0.15) is 28.5 Å². The van der Waals surface area contributed by atoms with E-state index in [4.69, 9.17) is 16.4 Å². The van der Waals surface area contributed by atoms with Gasteiger partial charge in [-0.1, -0.05) is 11.6 Å². The number of carbonyl (C=O) groups is 1. The summed E-state index contributed by atoms with van der Waals surface area (Å²) in [6.07, 6.45) is 1.82. The molecule has 0 aliphatic rings. The highest BCUT2D eigenvalue weighted by molar-refractivity contribution is 7.17. The molecule has 0 saturated heterocycles. The molecular formula is C21H15ClF3N8O2S+. The van der Waals surface area contributed by atoms with Crippen LogP contribution in [0.3, 0.4) is 0 Å². The maximum atomic E-state index is 14.3. The average Bonchev–Trinajstić information content (AvgIpc) is 3.60. The Balaban J connectivity index is 1.56. The summed E-state index contributed by atoms with van der Waals surface area (Å²) in [5, 5.41) is 16.6. The third-order valence-electron chi connectivity index (χ3n) is 5.19. The second kappa shape index (κ2) is 8.87. The number of thiophene rings is 1. The minimum atomic E-state index is -4.90. The van der Waals surface area contributed by atoms with Gasteiger partial charge in [0.15, 0.2) is 11.5 Å². The Hall–Kier alpha value is -4.04. The fourth-order valence-corrected chi connectivity index (χ4v) is 4.61. The van der Waals surface area contributed by atoms with E-state index < -0.39 is 23.3 Å². The maximum Gasteiger partial charge on any atom is 0.434 e. The Bertz CT molecular complexity index is 1600. The van der Waals surface area contributed by atoms with Crippen molar-refractivity contribution in [2.75, 3.05) is 12.4 Å². The third-order valence-corrected chi connectivity index (χ3v) is 6.32. The molecule has 0 fully saturated rings. The number of anilines is 1. The number of hydrogen-bond donors (Lipinski definition) is 1. The predicted molar refractivity (Wildman–Crippen MR) is 124 cm³/mol. The molecule has 0 bridgehead atoms. The molecule has 5 heterocycles. The van der Waals surface area contributed by atoms with Gasteiger partial charge in [0.1, 0.15) is 17.5 Å². The molecule has 0 spiro atoms. The van der Waals surface area contributed by atoms with Crippen molar-refractivity contribution in [3.05, 3.63) is 70.5 Å². The Labute approximate surface area is 209 Å². The Morgan fingerprint density at radius 2 is 1.97 bits per heavy atom. The summed E-state index contributed by atoms with van der Waals surface area (Å²) in [6, 6.07) is 3.04. The quantitative estimate of drug-likeness (QED) is 0.345. The van der Waals surface area contributed by atoms with E-state index in [1.54, 1.807) is 24.6 Å². The van der Waals surface area contributed by atoms with Gasteiger partial charge in [0, 0.05) is 10.1 Å². The van der Waals surface area contributed by atoms with Crippen LogP contribution >= 0.6 is 22.9 Å². The summed E-state index contributed by atoms with van der Waals surface area (Å²) in [5.74, 6) is -0.826. The first-order chi connectivity index (χ1) is 17.2. The van der Waals surface area contributed by atoms with Crippen molar-refractivity contribution in [3.63, 3.8) is 0 Å². The van der Waals surface area contributed by atoms with Gasteiger partial charge < -0.3 is 5.32 Å². The van der Waals surface area contributed by atoms with Gasteiger partial charge >= 0.3 is 6.18 Å². The summed E-state index contributed by atoms with van der Waals surface area (Å²) in [5.41, 5.74) is -1.40. The lowest BCUT2D eigenvalue weighted by Gasteiger charge is -2.14. The molecule has 5 rings (SSSR count). The maximum absolute atomic E-state index is 14.3. The molecule has 15 heteroatoms. The molecule has 0 unspecified atom stereocenters. The highest BCUT2D eigenvalue weighted by Gasteiger charge is 2.41. The average molecular weight is 536 g/mol. The summed E-state index contributed by atoms with van der Waals surface area (Å²) in [7, 11) is 1.38. The van der Waals surface area contributed by atoms with Crippen molar-refractivity contribution in [2.24, 2.45) is 0 Å². The molecule has 1 amide bonds. The molecule has 5 aromatic heterocycles.